The summed E-state index contributed by atoms with van der Waals surface area (Å²) in [7, 11) is 1.63. The molecule has 3 fully saturated rings. The number of hydrogen-bond donors (Lipinski definition) is 0. The minimum Gasteiger partial charge on any atom is -0.456 e. The van der Waals surface area contributed by atoms with Gasteiger partial charge in [-0.1, -0.05) is 0 Å². The number of carbonyl (C=O) groups is 1. The molecular formula is C8H10O4. The lowest BCUT2D eigenvalue weighted by atomic mass is 9.88. The van der Waals surface area contributed by atoms with Crippen molar-refractivity contribution in [2.24, 2.45) is 5.92 Å². The number of methoxy groups -OCH3 is 1. The van der Waals surface area contributed by atoms with Crippen LogP contribution in [0.5, 0.6) is 0 Å². The Morgan fingerprint density at radius 3 is 3.08 bits per heavy atom. The third-order valence-electron chi connectivity index (χ3n) is 3.06. The highest BCUT2D eigenvalue weighted by Gasteiger charge is 2.63. The number of carbonyl (C=O) groups excluding carboxylic acids is 1. The number of hydrogen-bond acceptors (Lipinski definition) is 4. The third kappa shape index (κ3) is 0.593. The van der Waals surface area contributed by atoms with E-state index in [1.807, 2.05) is 0 Å². The summed E-state index contributed by atoms with van der Waals surface area (Å²) in [6, 6.07) is 0. The van der Waals surface area contributed by atoms with Crippen molar-refractivity contribution in [2.75, 3.05) is 7.11 Å². The monoisotopic (exact) mass is 170 g/mol. The lowest BCUT2D eigenvalue weighted by molar-refractivity contribution is -0.146. The predicted molar refractivity (Wildman–Crippen MR) is 37.4 cm³/mol. The van der Waals surface area contributed by atoms with Crippen molar-refractivity contribution in [3.05, 3.63) is 0 Å². The molecule has 0 aromatic rings. The quantitative estimate of drug-likeness (QED) is 0.507. The molecule has 0 aliphatic carbocycles. The van der Waals surface area contributed by atoms with Crippen LogP contribution in [0.25, 0.3) is 0 Å². The van der Waals surface area contributed by atoms with Gasteiger partial charge in [0.05, 0.1) is 12.0 Å². The molecule has 3 heterocycles. The van der Waals surface area contributed by atoms with Crippen LogP contribution in [0.3, 0.4) is 0 Å². The fraction of sp³-hybridized carbons (Fsp3) is 0.875. The van der Waals surface area contributed by atoms with Gasteiger partial charge in [-0.15, -0.1) is 0 Å². The van der Waals surface area contributed by atoms with Crippen LogP contribution in [0.4, 0.5) is 0 Å². The smallest absolute Gasteiger partial charge is 0.312 e. The van der Waals surface area contributed by atoms with E-state index in [9.17, 15) is 4.79 Å². The number of rotatable bonds is 1. The Morgan fingerprint density at radius 2 is 2.33 bits per heavy atom. The zero-order valence-electron chi connectivity index (χ0n) is 6.73. The molecule has 0 aromatic heterocycles. The molecule has 3 rings (SSSR count). The number of fused-ring (bicyclic) bond motifs is 1. The Hall–Kier alpha value is -0.610. The van der Waals surface area contributed by atoms with Gasteiger partial charge in [-0.3, -0.25) is 4.79 Å². The fourth-order valence-corrected chi connectivity index (χ4v) is 2.52. The van der Waals surface area contributed by atoms with E-state index in [0.717, 1.165) is 6.42 Å². The highest BCUT2D eigenvalue weighted by molar-refractivity contribution is 5.77. The van der Waals surface area contributed by atoms with E-state index in [1.54, 1.807) is 7.11 Å². The van der Waals surface area contributed by atoms with Gasteiger partial charge in [0.15, 0.2) is 6.10 Å². The van der Waals surface area contributed by atoms with Crippen molar-refractivity contribution in [2.45, 2.75) is 30.8 Å². The highest BCUT2D eigenvalue weighted by atomic mass is 16.6. The summed E-state index contributed by atoms with van der Waals surface area (Å²) in [6.07, 6.45) is 0.677. The van der Waals surface area contributed by atoms with E-state index < -0.39 is 0 Å². The standard InChI is InChI=1S/C8H10O4/c1-10-6-4-2-3-5(11-4)7(6)12-8(3)9/h3-7H,2H2,1H3. The molecule has 4 heteroatoms. The minimum absolute atomic E-state index is 0.00796. The molecule has 4 nitrogen and oxygen atoms in total. The van der Waals surface area contributed by atoms with Gasteiger partial charge in [-0.25, -0.2) is 0 Å². The highest BCUT2D eigenvalue weighted by Crippen LogP contribution is 2.47. The normalized spacial score (nSPS) is 54.8. The van der Waals surface area contributed by atoms with E-state index in [-0.39, 0.29) is 36.3 Å². The molecule has 0 N–H and O–H groups in total. The zero-order valence-corrected chi connectivity index (χ0v) is 6.73. The molecule has 0 spiro atoms. The third-order valence-corrected chi connectivity index (χ3v) is 3.06. The van der Waals surface area contributed by atoms with Crippen LogP contribution >= 0.6 is 0 Å². The second kappa shape index (κ2) is 2.00. The maximum absolute atomic E-state index is 11.2. The first-order valence-electron chi connectivity index (χ1n) is 4.20. The van der Waals surface area contributed by atoms with Crippen molar-refractivity contribution in [1.82, 2.24) is 0 Å². The molecule has 0 amide bonds. The Morgan fingerprint density at radius 1 is 1.50 bits per heavy atom. The summed E-state index contributed by atoms with van der Waals surface area (Å²) in [5.41, 5.74) is 0. The van der Waals surface area contributed by atoms with Crippen molar-refractivity contribution >= 4 is 5.97 Å². The van der Waals surface area contributed by atoms with Gasteiger partial charge >= 0.3 is 5.97 Å². The van der Waals surface area contributed by atoms with Crippen LogP contribution in [0.1, 0.15) is 6.42 Å². The van der Waals surface area contributed by atoms with Crippen LogP contribution in [0.15, 0.2) is 0 Å². The maximum atomic E-state index is 11.2. The summed E-state index contributed by atoms with van der Waals surface area (Å²) < 4.78 is 15.9. The lowest BCUT2D eigenvalue weighted by Crippen LogP contribution is -2.37. The van der Waals surface area contributed by atoms with Gasteiger partial charge in [-0.05, 0) is 6.42 Å². The van der Waals surface area contributed by atoms with Gasteiger partial charge in [-0.2, -0.15) is 0 Å². The zero-order chi connectivity index (χ0) is 8.29. The van der Waals surface area contributed by atoms with Crippen LogP contribution in [0, 0.1) is 5.92 Å². The van der Waals surface area contributed by atoms with Gasteiger partial charge in [0.25, 0.3) is 0 Å². The lowest BCUT2D eigenvalue weighted by Gasteiger charge is -2.19. The maximum Gasteiger partial charge on any atom is 0.312 e. The second-order valence-corrected chi connectivity index (χ2v) is 3.58. The van der Waals surface area contributed by atoms with Crippen molar-refractivity contribution < 1.29 is 19.0 Å². The topological polar surface area (TPSA) is 44.8 Å². The molecular weight excluding hydrogens is 160 g/mol. The first-order chi connectivity index (χ1) is 5.81. The predicted octanol–water partition coefficient (Wildman–Crippen LogP) is -0.286. The van der Waals surface area contributed by atoms with Crippen LogP contribution < -0.4 is 0 Å². The Kier molecular flexibility index (Phi) is 1.14. The van der Waals surface area contributed by atoms with Crippen molar-refractivity contribution in [3.8, 4) is 0 Å². The Labute approximate surface area is 69.8 Å². The largest absolute Gasteiger partial charge is 0.456 e. The second-order valence-electron chi connectivity index (χ2n) is 3.58. The minimum atomic E-state index is -0.133. The van der Waals surface area contributed by atoms with Crippen LogP contribution in [-0.2, 0) is 19.0 Å². The molecule has 3 aliphatic heterocycles. The molecule has 5 unspecified atom stereocenters. The van der Waals surface area contributed by atoms with Crippen LogP contribution in [-0.4, -0.2) is 37.5 Å². The van der Waals surface area contributed by atoms with Crippen molar-refractivity contribution in [1.29, 1.82) is 0 Å². The molecule has 0 saturated carbocycles. The fourth-order valence-electron chi connectivity index (χ4n) is 2.52. The van der Waals surface area contributed by atoms with E-state index in [2.05, 4.69) is 0 Å². The van der Waals surface area contributed by atoms with Crippen LogP contribution in [0.2, 0.25) is 0 Å². The first-order valence-corrected chi connectivity index (χ1v) is 4.20. The molecule has 12 heavy (non-hydrogen) atoms. The average molecular weight is 170 g/mol. The summed E-state index contributed by atoms with van der Waals surface area (Å²) in [5, 5.41) is 0. The summed E-state index contributed by atoms with van der Waals surface area (Å²) in [4.78, 5) is 11.2. The summed E-state index contributed by atoms with van der Waals surface area (Å²) >= 11 is 0. The first kappa shape index (κ1) is 6.86. The summed E-state index contributed by atoms with van der Waals surface area (Å²) in [5.74, 6) is -0.113. The average Bonchev–Trinajstić information content (AvgIpc) is 2.63. The molecule has 0 aromatic carbocycles. The Bertz CT molecular complexity index is 239. The van der Waals surface area contributed by atoms with Crippen molar-refractivity contribution in [3.63, 3.8) is 0 Å². The molecule has 0 radical (unpaired) electrons. The molecule has 3 aliphatic rings. The molecule has 66 valence electrons. The van der Waals surface area contributed by atoms with Gasteiger partial charge < -0.3 is 14.2 Å². The van der Waals surface area contributed by atoms with E-state index in [0.29, 0.717) is 0 Å². The van der Waals surface area contributed by atoms with E-state index >= 15 is 0 Å². The molecule has 2 bridgehead atoms. The summed E-state index contributed by atoms with van der Waals surface area (Å²) in [6.45, 7) is 0. The van der Waals surface area contributed by atoms with Gasteiger partial charge in [0, 0.05) is 7.11 Å². The van der Waals surface area contributed by atoms with E-state index in [1.165, 1.54) is 0 Å². The van der Waals surface area contributed by atoms with E-state index in [4.69, 9.17) is 14.2 Å². The number of ether oxygens (including phenoxy) is 3. The number of esters is 1. The van der Waals surface area contributed by atoms with Gasteiger partial charge in [0.2, 0.25) is 0 Å². The molecule has 3 saturated heterocycles. The SMILES string of the molecule is COC1C2CC3C(=O)OC1C3O2. The van der Waals surface area contributed by atoms with Gasteiger partial charge in [0.1, 0.15) is 12.2 Å². The Balaban J connectivity index is 1.96. The molecule has 5 atom stereocenters.